The van der Waals surface area contributed by atoms with Crippen LogP contribution in [0, 0.1) is 5.92 Å². The van der Waals surface area contributed by atoms with E-state index in [1.165, 1.54) is 30.4 Å². The van der Waals surface area contributed by atoms with Gasteiger partial charge in [0, 0.05) is 31.1 Å². The summed E-state index contributed by atoms with van der Waals surface area (Å²) in [4.78, 5) is 22.4. The van der Waals surface area contributed by atoms with Crippen LogP contribution in [0.4, 0.5) is 0 Å². The summed E-state index contributed by atoms with van der Waals surface area (Å²) in [5.41, 5.74) is 1.43. The number of pyridine rings is 1. The average molecular weight is 397 g/mol. The molecule has 1 saturated heterocycles. The molecule has 0 spiro atoms. The van der Waals surface area contributed by atoms with E-state index < -0.39 is 0 Å². The number of hydrogen-bond acceptors (Lipinski definition) is 4. The highest BCUT2D eigenvalue weighted by molar-refractivity contribution is 5.43. The maximum atomic E-state index is 12.6. The molecule has 3 aromatic rings. The maximum absolute atomic E-state index is 12.6. The summed E-state index contributed by atoms with van der Waals surface area (Å²) in [5, 5.41) is 4.66. The number of hydrogen-bond donors (Lipinski definition) is 1. The van der Waals surface area contributed by atoms with Crippen molar-refractivity contribution in [3.8, 4) is 5.69 Å². The minimum atomic E-state index is -0.175. The third-order valence-corrected chi connectivity index (χ3v) is 6.27. The van der Waals surface area contributed by atoms with E-state index in [1.807, 2.05) is 28.9 Å². The number of aromatic amines is 1. The van der Waals surface area contributed by atoms with Crippen LogP contribution in [-0.2, 0) is 0 Å². The topological polar surface area (TPSA) is 71.2 Å². The van der Waals surface area contributed by atoms with Crippen LogP contribution in [0.15, 0.2) is 35.5 Å². The van der Waals surface area contributed by atoms with Gasteiger partial charge in [-0.05, 0) is 50.4 Å². The molecule has 1 unspecified atom stereocenters. The van der Waals surface area contributed by atoms with Gasteiger partial charge in [-0.2, -0.15) is 4.68 Å². The first-order valence-electron chi connectivity index (χ1n) is 11.0. The van der Waals surface area contributed by atoms with Crippen LogP contribution in [0.25, 0.3) is 11.3 Å². The van der Waals surface area contributed by atoms with Gasteiger partial charge in [0.15, 0.2) is 0 Å². The summed E-state index contributed by atoms with van der Waals surface area (Å²) >= 11 is 0. The van der Waals surface area contributed by atoms with Gasteiger partial charge in [-0.3, -0.25) is 4.98 Å². The normalized spacial score (nSPS) is 19.0. The zero-order valence-corrected chi connectivity index (χ0v) is 17.5. The fourth-order valence-corrected chi connectivity index (χ4v) is 4.54. The number of nitrogens with one attached hydrogen (secondary N) is 1. The minimum Gasteiger partial charge on any atom is -0.305 e. The van der Waals surface area contributed by atoms with Crippen molar-refractivity contribution in [1.82, 2.24) is 29.0 Å². The maximum Gasteiger partial charge on any atom is 0.348 e. The molecule has 1 aliphatic rings. The summed E-state index contributed by atoms with van der Waals surface area (Å²) in [5.74, 6) is 1.93. The second-order valence-corrected chi connectivity index (χ2v) is 8.30. The molecule has 0 amide bonds. The molecule has 29 heavy (non-hydrogen) atoms. The summed E-state index contributed by atoms with van der Waals surface area (Å²) in [6, 6.07) is 3.79. The number of fused-ring (bicyclic) bond motifs is 1. The van der Waals surface area contributed by atoms with Crippen molar-refractivity contribution < 1.29 is 0 Å². The molecule has 0 saturated carbocycles. The van der Waals surface area contributed by atoms with Crippen molar-refractivity contribution in [1.29, 1.82) is 0 Å². The minimum absolute atomic E-state index is 0.175. The van der Waals surface area contributed by atoms with E-state index in [0.717, 1.165) is 55.6 Å². The van der Waals surface area contributed by atoms with Crippen LogP contribution in [-0.4, -0.2) is 48.7 Å². The van der Waals surface area contributed by atoms with E-state index in [9.17, 15) is 4.79 Å². The zero-order valence-electron chi connectivity index (χ0n) is 17.5. The predicted molar refractivity (Wildman–Crippen MR) is 115 cm³/mol. The van der Waals surface area contributed by atoms with Crippen molar-refractivity contribution in [2.24, 2.45) is 5.92 Å². The van der Waals surface area contributed by atoms with Gasteiger partial charge in [0.2, 0.25) is 0 Å². The monoisotopic (exact) mass is 396 g/mol. The molecule has 2 atom stereocenters. The Morgan fingerprint density at radius 3 is 3.00 bits per heavy atom. The Bertz CT molecular complexity index is 987. The van der Waals surface area contributed by atoms with Gasteiger partial charge in [-0.1, -0.05) is 33.1 Å². The quantitative estimate of drug-likeness (QED) is 0.631. The molecule has 1 fully saturated rings. The molecule has 0 aliphatic carbocycles. The molecule has 0 bridgehead atoms. The Kier molecular flexibility index (Phi) is 6.13. The lowest BCUT2D eigenvalue weighted by atomic mass is 9.94. The van der Waals surface area contributed by atoms with E-state index in [0.29, 0.717) is 5.92 Å². The standard InChI is InChI=1S/C22H32N6O/c1-3-6-17(4-2)10-13-26-12-5-7-18(15-26)21-24-22(29)28(25-21)19-8-9-20-23-11-14-27(20)16-19/h8-9,11,14,16-18H,3-7,10,12-13,15H2,1-2H3,(H,24,25,29)/t17?,18-/m0/s1. The van der Waals surface area contributed by atoms with Crippen LogP contribution >= 0.6 is 0 Å². The third-order valence-electron chi connectivity index (χ3n) is 6.27. The third kappa shape index (κ3) is 4.45. The molecule has 0 aromatic carbocycles. The molecule has 1 N–H and O–H groups in total. The van der Waals surface area contributed by atoms with Gasteiger partial charge >= 0.3 is 5.69 Å². The number of H-pyrrole nitrogens is 1. The molecule has 3 aromatic heterocycles. The van der Waals surface area contributed by atoms with E-state index >= 15 is 0 Å². The van der Waals surface area contributed by atoms with Gasteiger partial charge in [-0.15, -0.1) is 5.10 Å². The number of nitrogens with zero attached hydrogens (tertiary/aromatic N) is 5. The molecule has 0 radical (unpaired) electrons. The predicted octanol–water partition coefficient (Wildman–Crippen LogP) is 3.60. The van der Waals surface area contributed by atoms with Crippen molar-refractivity contribution >= 4 is 5.65 Å². The first-order chi connectivity index (χ1) is 14.2. The number of likely N-dealkylation sites (tertiary alicyclic amines) is 1. The van der Waals surface area contributed by atoms with E-state index in [-0.39, 0.29) is 5.69 Å². The second kappa shape index (κ2) is 8.95. The van der Waals surface area contributed by atoms with Gasteiger partial charge in [-0.25, -0.2) is 9.78 Å². The highest BCUT2D eigenvalue weighted by atomic mass is 16.1. The smallest absolute Gasteiger partial charge is 0.305 e. The van der Waals surface area contributed by atoms with Crippen LogP contribution in [0.1, 0.15) is 64.1 Å². The van der Waals surface area contributed by atoms with E-state index in [1.54, 1.807) is 6.20 Å². The fourth-order valence-electron chi connectivity index (χ4n) is 4.54. The van der Waals surface area contributed by atoms with Gasteiger partial charge in [0.05, 0.1) is 5.69 Å². The highest BCUT2D eigenvalue weighted by Gasteiger charge is 2.25. The van der Waals surface area contributed by atoms with Crippen LogP contribution < -0.4 is 5.69 Å². The Morgan fingerprint density at radius 1 is 1.28 bits per heavy atom. The molecule has 1 aliphatic heterocycles. The van der Waals surface area contributed by atoms with Crippen LogP contribution in [0.3, 0.4) is 0 Å². The summed E-state index contributed by atoms with van der Waals surface area (Å²) in [6.07, 6.45) is 12.9. The Morgan fingerprint density at radius 2 is 2.17 bits per heavy atom. The lowest BCUT2D eigenvalue weighted by molar-refractivity contribution is 0.188. The fraction of sp³-hybridized carbons (Fsp3) is 0.591. The largest absolute Gasteiger partial charge is 0.348 e. The van der Waals surface area contributed by atoms with Gasteiger partial charge < -0.3 is 9.30 Å². The number of rotatable bonds is 8. The summed E-state index contributed by atoms with van der Waals surface area (Å²) < 4.78 is 3.38. The Labute approximate surface area is 171 Å². The SMILES string of the molecule is CCCC(CC)CCN1CCC[C@H](c2nn(-c3ccc4nccn4c3)c(=O)[nH]2)C1. The van der Waals surface area contributed by atoms with Crippen molar-refractivity contribution in [3.63, 3.8) is 0 Å². The molecule has 156 valence electrons. The lowest BCUT2D eigenvalue weighted by Crippen LogP contribution is -2.36. The second-order valence-electron chi connectivity index (χ2n) is 8.30. The average Bonchev–Trinajstić information content (AvgIpc) is 3.37. The Hall–Kier alpha value is -2.41. The molecule has 4 rings (SSSR count). The number of piperidine rings is 1. The zero-order chi connectivity index (χ0) is 20.2. The Balaban J connectivity index is 1.45. The van der Waals surface area contributed by atoms with Gasteiger partial charge in [0.1, 0.15) is 11.5 Å². The molecule has 4 heterocycles. The first kappa shape index (κ1) is 19.9. The van der Waals surface area contributed by atoms with Crippen LogP contribution in [0.5, 0.6) is 0 Å². The molecular formula is C22H32N6O. The van der Waals surface area contributed by atoms with Crippen LogP contribution in [0.2, 0.25) is 0 Å². The summed E-state index contributed by atoms with van der Waals surface area (Å²) in [7, 11) is 0. The highest BCUT2D eigenvalue weighted by Crippen LogP contribution is 2.25. The van der Waals surface area contributed by atoms with Crippen molar-refractivity contribution in [2.75, 3.05) is 19.6 Å². The van der Waals surface area contributed by atoms with E-state index in [4.69, 9.17) is 0 Å². The molecular weight excluding hydrogens is 364 g/mol. The number of imidazole rings is 1. The van der Waals surface area contributed by atoms with E-state index in [2.05, 4.69) is 33.8 Å². The number of aromatic nitrogens is 5. The molecule has 7 heteroatoms. The van der Waals surface area contributed by atoms with Crippen molar-refractivity contribution in [3.05, 3.63) is 47.0 Å². The van der Waals surface area contributed by atoms with Crippen molar-refractivity contribution in [2.45, 2.75) is 58.3 Å². The first-order valence-corrected chi connectivity index (χ1v) is 11.0. The lowest BCUT2D eigenvalue weighted by Gasteiger charge is -2.32. The van der Waals surface area contributed by atoms with Gasteiger partial charge in [0.25, 0.3) is 0 Å². The molecule has 7 nitrogen and oxygen atoms in total. The summed E-state index contributed by atoms with van der Waals surface area (Å²) in [6.45, 7) is 7.86.